The van der Waals surface area contributed by atoms with Crippen molar-refractivity contribution in [3.63, 3.8) is 0 Å². The number of alkyl halides is 1. The van der Waals surface area contributed by atoms with Gasteiger partial charge in [-0.2, -0.15) is 0 Å². The lowest BCUT2D eigenvalue weighted by molar-refractivity contribution is -0.137. The molecule has 3 aromatic carbocycles. The van der Waals surface area contributed by atoms with Crippen LogP contribution in [0.3, 0.4) is 0 Å². The van der Waals surface area contributed by atoms with Gasteiger partial charge in [0, 0.05) is 47.9 Å². The number of piperidine rings is 1. The van der Waals surface area contributed by atoms with Gasteiger partial charge in [-0.05, 0) is 55.2 Å². The van der Waals surface area contributed by atoms with Gasteiger partial charge in [-0.15, -0.1) is 0 Å². The molecular weight excluding hydrogens is 659 g/mol. The number of halogens is 1. The molecule has 43 heavy (non-hydrogen) atoms. The summed E-state index contributed by atoms with van der Waals surface area (Å²) in [6.45, 7) is 0.873. The number of carbonyl (C=O) groups excluding carboxylic acids is 2. The molecule has 220 valence electrons. The smallest absolute Gasteiger partial charge is 0.303 e. The number of carbonyl (C=O) groups is 3. The highest BCUT2D eigenvalue weighted by Gasteiger charge is 2.43. The van der Waals surface area contributed by atoms with Gasteiger partial charge in [0.25, 0.3) is 11.8 Å². The molecule has 4 aromatic rings. The molecule has 1 saturated heterocycles. The molecule has 0 bridgehead atoms. The van der Waals surface area contributed by atoms with Gasteiger partial charge in [-0.1, -0.05) is 59.0 Å². The number of aliphatic carboxylic acids is 1. The number of likely N-dealkylation sites (tertiary alicyclic amines) is 1. The maximum atomic E-state index is 13.6. The number of ether oxygens (including phenoxy) is 1. The number of aryl methyl sites for hydroxylation is 1. The molecular formula is C33H31IN4O5. The zero-order chi connectivity index (χ0) is 30.0. The molecule has 1 aromatic heterocycles. The molecule has 3 heterocycles. The van der Waals surface area contributed by atoms with E-state index >= 15 is 0 Å². The fourth-order valence-corrected chi connectivity index (χ4v) is 6.19. The van der Waals surface area contributed by atoms with Crippen LogP contribution in [0.15, 0.2) is 66.7 Å². The SMILES string of the molecule is O=C(O)CCCCc1nc2cc(C(=O)N3CCC4(CC3)NC(=O)c3ccccc3O4)ccc2nc1-c1ccc(CI)cc1. The van der Waals surface area contributed by atoms with Crippen molar-refractivity contribution in [2.75, 3.05) is 13.1 Å². The van der Waals surface area contributed by atoms with Crippen molar-refractivity contribution >= 4 is 51.4 Å². The van der Waals surface area contributed by atoms with Crippen molar-refractivity contribution in [2.45, 2.75) is 48.7 Å². The minimum atomic E-state index is -0.821. The molecule has 0 radical (unpaired) electrons. The third kappa shape index (κ3) is 6.20. The second-order valence-electron chi connectivity index (χ2n) is 11.0. The van der Waals surface area contributed by atoms with Crippen molar-refractivity contribution in [3.8, 4) is 17.0 Å². The summed E-state index contributed by atoms with van der Waals surface area (Å²) in [5.41, 5.74) is 5.27. The number of nitrogens with one attached hydrogen (secondary N) is 1. The Morgan fingerprint density at radius 3 is 2.49 bits per heavy atom. The summed E-state index contributed by atoms with van der Waals surface area (Å²) in [7, 11) is 0. The predicted octanol–water partition coefficient (Wildman–Crippen LogP) is 5.78. The summed E-state index contributed by atoms with van der Waals surface area (Å²) in [4.78, 5) is 49.0. The van der Waals surface area contributed by atoms with Crippen LogP contribution in [0.5, 0.6) is 5.75 Å². The van der Waals surface area contributed by atoms with Crippen LogP contribution in [-0.2, 0) is 15.6 Å². The van der Waals surface area contributed by atoms with Gasteiger partial charge in [0.2, 0.25) is 0 Å². The first kappa shape index (κ1) is 29.0. The van der Waals surface area contributed by atoms with Crippen molar-refractivity contribution in [3.05, 3.63) is 89.1 Å². The Hall–Kier alpha value is -4.06. The van der Waals surface area contributed by atoms with E-state index in [4.69, 9.17) is 19.8 Å². The normalized spacial score (nSPS) is 15.6. The fourth-order valence-electron chi connectivity index (χ4n) is 5.68. The summed E-state index contributed by atoms with van der Waals surface area (Å²) in [5.74, 6) is -0.511. The van der Waals surface area contributed by atoms with Gasteiger partial charge < -0.3 is 20.1 Å². The Kier molecular flexibility index (Phi) is 8.29. The van der Waals surface area contributed by atoms with Crippen LogP contribution in [0.2, 0.25) is 0 Å². The van der Waals surface area contributed by atoms with E-state index < -0.39 is 11.7 Å². The Balaban J connectivity index is 1.22. The Bertz CT molecular complexity index is 1700. The molecule has 1 spiro atoms. The Labute approximate surface area is 262 Å². The van der Waals surface area contributed by atoms with E-state index in [0.717, 1.165) is 21.4 Å². The lowest BCUT2D eigenvalue weighted by atomic mass is 9.96. The number of aromatic nitrogens is 2. The molecule has 2 amide bonds. The van der Waals surface area contributed by atoms with E-state index in [1.807, 2.05) is 30.3 Å². The largest absolute Gasteiger partial charge is 0.481 e. The number of para-hydroxylation sites is 1. The lowest BCUT2D eigenvalue weighted by Gasteiger charge is -2.44. The van der Waals surface area contributed by atoms with Crippen molar-refractivity contribution in [1.29, 1.82) is 0 Å². The van der Waals surface area contributed by atoms with E-state index in [2.05, 4.69) is 40.0 Å². The molecule has 0 saturated carbocycles. The van der Waals surface area contributed by atoms with Gasteiger partial charge in [-0.3, -0.25) is 14.4 Å². The number of rotatable bonds is 8. The number of carboxylic acid groups (broad SMARTS) is 1. The Morgan fingerprint density at radius 2 is 1.74 bits per heavy atom. The average Bonchev–Trinajstić information content (AvgIpc) is 3.02. The number of hydrogen-bond donors (Lipinski definition) is 2. The molecule has 6 rings (SSSR count). The highest BCUT2D eigenvalue weighted by molar-refractivity contribution is 14.1. The van der Waals surface area contributed by atoms with E-state index in [1.165, 1.54) is 5.56 Å². The van der Waals surface area contributed by atoms with Gasteiger partial charge in [-0.25, -0.2) is 9.97 Å². The molecule has 0 unspecified atom stereocenters. The summed E-state index contributed by atoms with van der Waals surface area (Å²) < 4.78 is 7.14. The second-order valence-corrected chi connectivity index (χ2v) is 11.8. The van der Waals surface area contributed by atoms with E-state index in [0.29, 0.717) is 73.1 Å². The van der Waals surface area contributed by atoms with Crippen molar-refractivity contribution in [2.24, 2.45) is 0 Å². The van der Waals surface area contributed by atoms with E-state index in [-0.39, 0.29) is 18.2 Å². The number of unbranched alkanes of at least 4 members (excludes halogenated alkanes) is 1. The molecule has 0 atom stereocenters. The second kappa shape index (κ2) is 12.3. The number of carboxylic acids is 1. The monoisotopic (exact) mass is 690 g/mol. The first-order valence-corrected chi connectivity index (χ1v) is 15.9. The van der Waals surface area contributed by atoms with E-state index in [1.54, 1.807) is 29.2 Å². The minimum absolute atomic E-state index is 0.109. The standard InChI is InChI=1S/C33H31IN4O5/c34-20-21-9-11-22(12-10-21)30-26(6-2-4-8-29(39)40)35-27-19-23(13-14-25(27)36-30)32(42)38-17-15-33(16-18-38)37-31(41)24-5-1-3-7-28(24)43-33/h1,3,5,7,9-14,19H,2,4,6,8,15-18,20H2,(H,37,41)(H,39,40). The molecule has 2 aliphatic heterocycles. The number of fused-ring (bicyclic) bond motifs is 2. The predicted molar refractivity (Wildman–Crippen MR) is 170 cm³/mol. The lowest BCUT2D eigenvalue weighted by Crippen LogP contribution is -2.61. The zero-order valence-electron chi connectivity index (χ0n) is 23.5. The number of benzene rings is 3. The molecule has 0 aliphatic carbocycles. The maximum absolute atomic E-state index is 13.6. The maximum Gasteiger partial charge on any atom is 0.303 e. The van der Waals surface area contributed by atoms with Gasteiger partial charge >= 0.3 is 5.97 Å². The van der Waals surface area contributed by atoms with Crippen molar-refractivity contribution < 1.29 is 24.2 Å². The number of amides is 2. The first-order chi connectivity index (χ1) is 20.8. The highest BCUT2D eigenvalue weighted by Crippen LogP contribution is 2.34. The highest BCUT2D eigenvalue weighted by atomic mass is 127. The third-order valence-electron chi connectivity index (χ3n) is 8.06. The van der Waals surface area contributed by atoms with Crippen molar-refractivity contribution in [1.82, 2.24) is 20.2 Å². The molecule has 2 N–H and O–H groups in total. The van der Waals surface area contributed by atoms with Gasteiger partial charge in [0.05, 0.1) is 28.0 Å². The summed E-state index contributed by atoms with van der Waals surface area (Å²) in [6, 6.07) is 20.8. The van der Waals surface area contributed by atoms with Gasteiger partial charge in [0.15, 0.2) is 5.72 Å². The molecule has 9 nitrogen and oxygen atoms in total. The van der Waals surface area contributed by atoms with E-state index in [9.17, 15) is 14.4 Å². The topological polar surface area (TPSA) is 122 Å². The van der Waals surface area contributed by atoms with Crippen LogP contribution in [0.4, 0.5) is 0 Å². The number of hydrogen-bond acceptors (Lipinski definition) is 6. The summed E-state index contributed by atoms with van der Waals surface area (Å²) >= 11 is 2.33. The quantitative estimate of drug-likeness (QED) is 0.137. The summed E-state index contributed by atoms with van der Waals surface area (Å²) in [6.07, 6.45) is 2.87. The molecule has 10 heteroatoms. The van der Waals surface area contributed by atoms with Gasteiger partial charge in [0.1, 0.15) is 5.75 Å². The molecule has 2 aliphatic rings. The van der Waals surface area contributed by atoms with Crippen LogP contribution >= 0.6 is 22.6 Å². The zero-order valence-corrected chi connectivity index (χ0v) is 25.7. The third-order valence-corrected chi connectivity index (χ3v) is 8.94. The number of nitrogens with zero attached hydrogens (tertiary/aromatic N) is 3. The van der Waals surface area contributed by atoms with Crippen LogP contribution in [0.1, 0.15) is 64.1 Å². The fraction of sp³-hybridized carbons (Fsp3) is 0.303. The molecule has 1 fully saturated rings. The van der Waals surface area contributed by atoms with Crippen LogP contribution in [0.25, 0.3) is 22.3 Å². The van der Waals surface area contributed by atoms with Crippen LogP contribution in [0, 0.1) is 0 Å². The van der Waals surface area contributed by atoms with Crippen LogP contribution < -0.4 is 10.1 Å². The van der Waals surface area contributed by atoms with Crippen LogP contribution in [-0.4, -0.2) is 56.6 Å². The first-order valence-electron chi connectivity index (χ1n) is 14.4. The Morgan fingerprint density at radius 1 is 0.977 bits per heavy atom. The average molecular weight is 691 g/mol. The summed E-state index contributed by atoms with van der Waals surface area (Å²) in [5, 5.41) is 12.1. The minimum Gasteiger partial charge on any atom is -0.481 e.